The molecule has 1 fully saturated rings. The quantitative estimate of drug-likeness (QED) is 0.856. The van der Waals surface area contributed by atoms with Gasteiger partial charge >= 0.3 is 6.18 Å². The number of aryl methyl sites for hydroxylation is 1. The number of hydrogen-bond donors (Lipinski definition) is 0. The predicted octanol–water partition coefficient (Wildman–Crippen LogP) is 3.35. The number of hydrogen-bond acceptors (Lipinski definition) is 2. The highest BCUT2D eigenvalue weighted by atomic mass is 32.2. The van der Waals surface area contributed by atoms with Gasteiger partial charge in [-0.1, -0.05) is 25.5 Å². The Hall–Kier alpha value is -1.08. The van der Waals surface area contributed by atoms with Gasteiger partial charge in [0.05, 0.1) is 4.90 Å². The molecule has 0 amide bonds. The van der Waals surface area contributed by atoms with E-state index >= 15 is 0 Å². The van der Waals surface area contributed by atoms with E-state index in [1.165, 1.54) is 12.1 Å². The average molecular weight is 321 g/mol. The molecule has 1 saturated heterocycles. The summed E-state index contributed by atoms with van der Waals surface area (Å²) >= 11 is 0. The second-order valence-corrected chi connectivity index (χ2v) is 7.06. The van der Waals surface area contributed by atoms with Crippen molar-refractivity contribution in [3.8, 4) is 0 Å². The van der Waals surface area contributed by atoms with Crippen molar-refractivity contribution >= 4 is 10.0 Å². The van der Waals surface area contributed by atoms with Gasteiger partial charge in [-0.2, -0.15) is 17.5 Å². The molecule has 21 heavy (non-hydrogen) atoms. The molecule has 0 radical (unpaired) electrons. The second kappa shape index (κ2) is 5.96. The van der Waals surface area contributed by atoms with Crippen molar-refractivity contribution in [3.63, 3.8) is 0 Å². The van der Waals surface area contributed by atoms with Crippen molar-refractivity contribution in [2.24, 2.45) is 0 Å². The summed E-state index contributed by atoms with van der Waals surface area (Å²) in [5.41, 5.74) is 0.944. The number of benzene rings is 1. The summed E-state index contributed by atoms with van der Waals surface area (Å²) in [5.74, 6) is 0. The Morgan fingerprint density at radius 3 is 2.33 bits per heavy atom. The minimum atomic E-state index is -4.53. The van der Waals surface area contributed by atoms with Crippen LogP contribution >= 0.6 is 0 Å². The van der Waals surface area contributed by atoms with E-state index in [1.54, 1.807) is 12.1 Å². The summed E-state index contributed by atoms with van der Waals surface area (Å²) in [6.07, 6.45) is -3.11. The molecule has 0 bridgehead atoms. The van der Waals surface area contributed by atoms with Gasteiger partial charge in [-0.15, -0.1) is 0 Å². The van der Waals surface area contributed by atoms with Crippen LogP contribution in [0.4, 0.5) is 13.2 Å². The van der Waals surface area contributed by atoms with E-state index in [0.717, 1.165) is 12.0 Å². The Morgan fingerprint density at radius 2 is 1.81 bits per heavy atom. The Bertz CT molecular complexity index is 581. The van der Waals surface area contributed by atoms with E-state index in [0.29, 0.717) is 17.1 Å². The summed E-state index contributed by atoms with van der Waals surface area (Å²) < 4.78 is 64.7. The maximum atomic E-state index is 13.1. The first-order valence-corrected chi connectivity index (χ1v) is 8.38. The summed E-state index contributed by atoms with van der Waals surface area (Å²) in [6, 6.07) is 4.13. The Kier molecular flexibility index (Phi) is 4.63. The first kappa shape index (κ1) is 16.3. The molecule has 3 nitrogen and oxygen atoms in total. The van der Waals surface area contributed by atoms with Gasteiger partial charge in [0.15, 0.2) is 0 Å². The molecule has 118 valence electrons. The molecule has 1 aromatic carbocycles. The zero-order valence-electron chi connectivity index (χ0n) is 11.7. The normalized spacial score (nSPS) is 21.4. The lowest BCUT2D eigenvalue weighted by atomic mass is 10.0. The van der Waals surface area contributed by atoms with E-state index < -0.39 is 22.2 Å². The van der Waals surface area contributed by atoms with Gasteiger partial charge < -0.3 is 0 Å². The molecule has 0 aliphatic carbocycles. The van der Waals surface area contributed by atoms with Crippen molar-refractivity contribution in [3.05, 3.63) is 29.8 Å². The van der Waals surface area contributed by atoms with Crippen molar-refractivity contribution in [1.82, 2.24) is 4.31 Å². The number of halogens is 3. The first-order chi connectivity index (χ1) is 9.76. The molecule has 1 aromatic rings. The highest BCUT2D eigenvalue weighted by Crippen LogP contribution is 2.35. The predicted molar refractivity (Wildman–Crippen MR) is 73.4 cm³/mol. The molecule has 0 spiro atoms. The maximum absolute atomic E-state index is 13.1. The Balaban J connectivity index is 2.35. The highest BCUT2D eigenvalue weighted by molar-refractivity contribution is 7.89. The third-order valence-electron chi connectivity index (χ3n) is 3.77. The molecule has 1 aliphatic heterocycles. The zero-order valence-corrected chi connectivity index (χ0v) is 12.5. The lowest BCUT2D eigenvalue weighted by Crippen LogP contribution is -2.51. The molecule has 2 rings (SSSR count). The molecule has 7 heteroatoms. The van der Waals surface area contributed by atoms with Crippen LogP contribution in [0.1, 0.15) is 31.7 Å². The van der Waals surface area contributed by atoms with Crippen molar-refractivity contribution in [2.45, 2.75) is 49.7 Å². The van der Waals surface area contributed by atoms with Crippen LogP contribution in [0.15, 0.2) is 29.2 Å². The standard InChI is InChI=1S/C14H18F3NO2S/c1-2-11-6-8-12(9-7-11)21(19,20)18-10-4-3-5-13(18)14(15,16)17/h6-9,13H,2-5,10H2,1H3. The molecule has 0 N–H and O–H groups in total. The number of alkyl halides is 3. The second-order valence-electron chi connectivity index (χ2n) is 5.17. The lowest BCUT2D eigenvalue weighted by Gasteiger charge is -2.35. The minimum Gasteiger partial charge on any atom is -0.207 e. The molecule has 1 atom stereocenters. The summed E-state index contributed by atoms with van der Waals surface area (Å²) in [7, 11) is -4.11. The lowest BCUT2D eigenvalue weighted by molar-refractivity contribution is -0.177. The molecular formula is C14H18F3NO2S. The van der Waals surface area contributed by atoms with Gasteiger partial charge in [-0.3, -0.25) is 0 Å². The average Bonchev–Trinajstić information content (AvgIpc) is 2.46. The van der Waals surface area contributed by atoms with Gasteiger partial charge in [-0.25, -0.2) is 8.42 Å². The largest absolute Gasteiger partial charge is 0.405 e. The number of piperidine rings is 1. The van der Waals surface area contributed by atoms with Gasteiger partial charge in [-0.05, 0) is 37.0 Å². The summed E-state index contributed by atoms with van der Waals surface area (Å²) in [6.45, 7) is 1.84. The van der Waals surface area contributed by atoms with Gasteiger partial charge in [0, 0.05) is 6.54 Å². The molecule has 0 aromatic heterocycles. The van der Waals surface area contributed by atoms with E-state index in [4.69, 9.17) is 0 Å². The Morgan fingerprint density at radius 1 is 1.19 bits per heavy atom. The monoisotopic (exact) mass is 321 g/mol. The first-order valence-electron chi connectivity index (χ1n) is 6.94. The third-order valence-corrected chi connectivity index (χ3v) is 5.69. The molecule has 0 saturated carbocycles. The van der Waals surface area contributed by atoms with Crippen LogP contribution < -0.4 is 0 Å². The van der Waals surface area contributed by atoms with Crippen LogP contribution in [0.2, 0.25) is 0 Å². The topological polar surface area (TPSA) is 37.4 Å². The van der Waals surface area contributed by atoms with Crippen LogP contribution in [-0.4, -0.2) is 31.5 Å². The SMILES string of the molecule is CCc1ccc(S(=O)(=O)N2CCCCC2C(F)(F)F)cc1. The van der Waals surface area contributed by atoms with Crippen LogP contribution in [0, 0.1) is 0 Å². The fourth-order valence-electron chi connectivity index (χ4n) is 2.55. The highest BCUT2D eigenvalue weighted by Gasteiger charge is 2.48. The van der Waals surface area contributed by atoms with E-state index in [2.05, 4.69) is 0 Å². The number of nitrogens with zero attached hydrogens (tertiary/aromatic N) is 1. The number of sulfonamides is 1. The van der Waals surface area contributed by atoms with E-state index in [-0.39, 0.29) is 17.9 Å². The van der Waals surface area contributed by atoms with E-state index in [9.17, 15) is 21.6 Å². The Labute approximate surface area is 122 Å². The fourth-order valence-corrected chi connectivity index (χ4v) is 4.23. The van der Waals surface area contributed by atoms with Crippen molar-refractivity contribution < 1.29 is 21.6 Å². The van der Waals surface area contributed by atoms with E-state index in [1.807, 2.05) is 6.92 Å². The van der Waals surface area contributed by atoms with Crippen LogP contribution in [0.5, 0.6) is 0 Å². The van der Waals surface area contributed by atoms with Gasteiger partial charge in [0.1, 0.15) is 6.04 Å². The van der Waals surface area contributed by atoms with Crippen molar-refractivity contribution in [2.75, 3.05) is 6.54 Å². The molecular weight excluding hydrogens is 303 g/mol. The fraction of sp³-hybridized carbons (Fsp3) is 0.571. The van der Waals surface area contributed by atoms with Crippen molar-refractivity contribution in [1.29, 1.82) is 0 Å². The smallest absolute Gasteiger partial charge is 0.207 e. The maximum Gasteiger partial charge on any atom is 0.405 e. The zero-order chi connectivity index (χ0) is 15.7. The van der Waals surface area contributed by atoms with Crippen LogP contribution in [0.3, 0.4) is 0 Å². The minimum absolute atomic E-state index is 0.0733. The summed E-state index contributed by atoms with van der Waals surface area (Å²) in [4.78, 5) is -0.0733. The van der Waals surface area contributed by atoms with Gasteiger partial charge in [0.2, 0.25) is 10.0 Å². The van der Waals surface area contributed by atoms with Crippen LogP contribution in [-0.2, 0) is 16.4 Å². The number of rotatable bonds is 3. The molecule has 1 aliphatic rings. The van der Waals surface area contributed by atoms with Crippen LogP contribution in [0.25, 0.3) is 0 Å². The van der Waals surface area contributed by atoms with Gasteiger partial charge in [0.25, 0.3) is 0 Å². The molecule has 1 heterocycles. The summed E-state index contributed by atoms with van der Waals surface area (Å²) in [5, 5.41) is 0. The molecule has 1 unspecified atom stereocenters. The third kappa shape index (κ3) is 3.40.